The van der Waals surface area contributed by atoms with Crippen LogP contribution in [0.4, 0.5) is 0 Å². The van der Waals surface area contributed by atoms with E-state index in [1.807, 2.05) is 12.5 Å². The maximum Gasteiger partial charge on any atom is 0.0937 e. The lowest BCUT2D eigenvalue weighted by Crippen LogP contribution is -2.50. The lowest BCUT2D eigenvalue weighted by molar-refractivity contribution is -0.0529. The monoisotopic (exact) mass is 481 g/mol. The van der Waals surface area contributed by atoms with E-state index in [-0.39, 0.29) is 0 Å². The molecule has 4 fully saturated rings. The number of hydrogen-bond acceptors (Lipinski definition) is 4. The highest BCUT2D eigenvalue weighted by Crippen LogP contribution is 2.68. The highest BCUT2D eigenvalue weighted by molar-refractivity contribution is 5.27. The minimum absolute atomic E-state index is 0.294. The van der Waals surface area contributed by atoms with Crippen molar-refractivity contribution >= 4 is 0 Å². The third kappa shape index (κ3) is 4.46. The predicted octanol–water partition coefficient (Wildman–Crippen LogP) is 6.82. The fourth-order valence-electron chi connectivity index (χ4n) is 9.41. The number of hydrogen-bond donors (Lipinski definition) is 0. The summed E-state index contributed by atoms with van der Waals surface area (Å²) in [4.78, 5) is 2.51. The van der Waals surface area contributed by atoms with Crippen molar-refractivity contribution in [2.45, 2.75) is 90.1 Å². The first-order chi connectivity index (χ1) is 17.1. The topological polar surface area (TPSA) is 34.8 Å². The quantitative estimate of drug-likeness (QED) is 0.301. The smallest absolute Gasteiger partial charge is 0.0937 e. The largest absolute Gasteiger partial charge is 0.472 e. The Kier molecular flexibility index (Phi) is 6.92. The second-order valence-electron chi connectivity index (χ2n) is 12.9. The molecule has 1 aromatic rings. The van der Waals surface area contributed by atoms with Crippen molar-refractivity contribution in [1.29, 1.82) is 0 Å². The van der Waals surface area contributed by atoms with Crippen molar-refractivity contribution in [2.24, 2.45) is 28.6 Å². The van der Waals surface area contributed by atoms with Crippen LogP contribution < -0.4 is 0 Å². The molecule has 6 rings (SSSR count). The van der Waals surface area contributed by atoms with Gasteiger partial charge in [0.1, 0.15) is 0 Å². The lowest BCUT2D eigenvalue weighted by Gasteiger charge is -2.58. The number of nitrogens with zero attached hydrogens (tertiary/aromatic N) is 1. The number of ether oxygens (including phenoxy) is 2. The zero-order valence-electron chi connectivity index (χ0n) is 22.2. The van der Waals surface area contributed by atoms with Gasteiger partial charge in [0.05, 0.1) is 38.5 Å². The summed E-state index contributed by atoms with van der Waals surface area (Å²) in [5.41, 5.74) is 4.02. The van der Waals surface area contributed by atoms with E-state index in [0.717, 1.165) is 44.1 Å². The van der Waals surface area contributed by atoms with Crippen LogP contribution in [-0.4, -0.2) is 50.5 Å². The molecule has 1 aromatic heterocycles. The van der Waals surface area contributed by atoms with E-state index in [0.29, 0.717) is 22.9 Å². The first-order valence-electron chi connectivity index (χ1n) is 14.7. The first kappa shape index (κ1) is 24.2. The van der Waals surface area contributed by atoms with E-state index in [9.17, 15) is 0 Å². The molecule has 1 aliphatic heterocycles. The van der Waals surface area contributed by atoms with Gasteiger partial charge >= 0.3 is 0 Å². The van der Waals surface area contributed by atoms with E-state index < -0.39 is 0 Å². The van der Waals surface area contributed by atoms with Gasteiger partial charge in [-0.25, -0.2) is 0 Å². The van der Waals surface area contributed by atoms with Gasteiger partial charge in [-0.15, -0.1) is 0 Å². The number of rotatable bonds is 8. The molecule has 35 heavy (non-hydrogen) atoms. The van der Waals surface area contributed by atoms with Gasteiger partial charge in [-0.3, -0.25) is 0 Å². The van der Waals surface area contributed by atoms with Crippen LogP contribution in [0.25, 0.3) is 0 Å². The zero-order chi connectivity index (χ0) is 23.9. The fraction of sp³-hybridized carbons (Fsp3) is 0.806. The molecule has 5 aliphatic rings. The Morgan fingerprint density at radius 1 is 0.971 bits per heavy atom. The molecule has 7 atom stereocenters. The highest BCUT2D eigenvalue weighted by Gasteiger charge is 2.59. The van der Waals surface area contributed by atoms with Gasteiger partial charge < -0.3 is 18.8 Å². The zero-order valence-corrected chi connectivity index (χ0v) is 22.2. The minimum atomic E-state index is 0.294. The maximum absolute atomic E-state index is 6.30. The summed E-state index contributed by atoms with van der Waals surface area (Å²) in [6.07, 6.45) is 20.1. The molecule has 0 amide bonds. The van der Waals surface area contributed by atoms with Gasteiger partial charge in [0, 0.05) is 6.54 Å². The summed E-state index contributed by atoms with van der Waals surface area (Å²) in [5.74, 6) is 3.33. The summed E-state index contributed by atoms with van der Waals surface area (Å²) in [5, 5.41) is 0. The van der Waals surface area contributed by atoms with Gasteiger partial charge in [-0.1, -0.05) is 25.5 Å². The summed E-state index contributed by atoms with van der Waals surface area (Å²) in [6, 6.07) is 2.23. The summed E-state index contributed by atoms with van der Waals surface area (Å²) < 4.78 is 17.7. The lowest BCUT2D eigenvalue weighted by atomic mass is 9.46. The molecule has 0 N–H and O–H groups in total. The standard InChI is InChI=1S/C31H47NO3/c1-30-12-9-25(35-20-19-33-18-16-32-14-3-4-15-32)21-24(30)5-6-26-28-8-7-27(23-11-17-34-22-23)31(28,2)13-10-29(26)30/h11,17,21-22,25-29H,3-10,12-16,18-20H2,1-2H3/t25?,26-,27?,28-,29+,30-,31+/m0/s1. The Bertz CT molecular complexity index is 874. The van der Waals surface area contributed by atoms with Crippen LogP contribution in [0.5, 0.6) is 0 Å². The Labute approximate surface area is 212 Å². The van der Waals surface area contributed by atoms with Crippen LogP contribution in [0.2, 0.25) is 0 Å². The third-order valence-corrected chi connectivity index (χ3v) is 11.3. The average molecular weight is 482 g/mol. The van der Waals surface area contributed by atoms with Crippen LogP contribution in [0.3, 0.4) is 0 Å². The summed E-state index contributed by atoms with van der Waals surface area (Å²) >= 11 is 0. The van der Waals surface area contributed by atoms with Crippen LogP contribution >= 0.6 is 0 Å². The molecule has 2 heterocycles. The molecule has 4 nitrogen and oxygen atoms in total. The van der Waals surface area contributed by atoms with E-state index in [4.69, 9.17) is 13.9 Å². The average Bonchev–Trinajstić information content (AvgIpc) is 3.62. The molecule has 194 valence electrons. The highest BCUT2D eigenvalue weighted by atomic mass is 16.5. The first-order valence-corrected chi connectivity index (χ1v) is 14.7. The molecule has 3 saturated carbocycles. The second kappa shape index (κ2) is 9.99. The Balaban J connectivity index is 1.04. The fourth-order valence-corrected chi connectivity index (χ4v) is 9.41. The van der Waals surface area contributed by atoms with Crippen molar-refractivity contribution in [2.75, 3.05) is 39.5 Å². The Morgan fingerprint density at radius 2 is 1.86 bits per heavy atom. The number of allylic oxidation sites excluding steroid dienone is 1. The van der Waals surface area contributed by atoms with E-state index in [1.54, 1.807) is 5.57 Å². The third-order valence-electron chi connectivity index (χ3n) is 11.3. The molecule has 0 spiro atoms. The van der Waals surface area contributed by atoms with E-state index in [1.165, 1.54) is 82.9 Å². The normalized spacial score (nSPS) is 41.3. The van der Waals surface area contributed by atoms with Gasteiger partial charge in [0.2, 0.25) is 0 Å². The maximum atomic E-state index is 6.30. The minimum Gasteiger partial charge on any atom is -0.472 e. The number of likely N-dealkylation sites (tertiary alicyclic amines) is 1. The van der Waals surface area contributed by atoms with Gasteiger partial charge in [-0.05, 0) is 123 Å². The van der Waals surface area contributed by atoms with Crippen molar-refractivity contribution in [3.05, 3.63) is 35.8 Å². The van der Waals surface area contributed by atoms with Gasteiger partial charge in [-0.2, -0.15) is 0 Å². The molecular weight excluding hydrogens is 434 g/mol. The Morgan fingerprint density at radius 3 is 2.69 bits per heavy atom. The molecule has 4 aliphatic carbocycles. The van der Waals surface area contributed by atoms with Crippen molar-refractivity contribution in [3.8, 4) is 0 Å². The van der Waals surface area contributed by atoms with Gasteiger partial charge in [0.15, 0.2) is 0 Å². The summed E-state index contributed by atoms with van der Waals surface area (Å²) in [6.45, 7) is 11.1. The van der Waals surface area contributed by atoms with E-state index in [2.05, 4.69) is 30.9 Å². The van der Waals surface area contributed by atoms with Crippen molar-refractivity contribution in [3.63, 3.8) is 0 Å². The SMILES string of the molecule is C[C@]12CCC(OCCOCCN3CCCC3)C=C1CC[C@@H]1[C@H]2CC[C@]2(C)C(c3ccoc3)CC[C@@H]12. The molecule has 0 bridgehead atoms. The molecular formula is C31H47NO3. The number of fused-ring (bicyclic) bond motifs is 5. The predicted molar refractivity (Wildman–Crippen MR) is 139 cm³/mol. The van der Waals surface area contributed by atoms with Crippen LogP contribution in [0, 0.1) is 28.6 Å². The Hall–Kier alpha value is -1.10. The van der Waals surface area contributed by atoms with Crippen LogP contribution in [-0.2, 0) is 9.47 Å². The summed E-state index contributed by atoms with van der Waals surface area (Å²) in [7, 11) is 0. The molecule has 0 aromatic carbocycles. The van der Waals surface area contributed by atoms with E-state index >= 15 is 0 Å². The van der Waals surface area contributed by atoms with Gasteiger partial charge in [0.25, 0.3) is 0 Å². The second-order valence-corrected chi connectivity index (χ2v) is 12.9. The molecule has 4 heteroatoms. The molecule has 1 saturated heterocycles. The van der Waals surface area contributed by atoms with Crippen LogP contribution in [0.15, 0.2) is 34.7 Å². The molecule has 2 unspecified atom stereocenters. The molecule has 0 radical (unpaired) electrons. The van der Waals surface area contributed by atoms with Crippen molar-refractivity contribution in [1.82, 2.24) is 4.90 Å². The number of furan rings is 1. The van der Waals surface area contributed by atoms with Crippen LogP contribution in [0.1, 0.15) is 89.5 Å². The van der Waals surface area contributed by atoms with Crippen molar-refractivity contribution < 1.29 is 13.9 Å².